The molecule has 0 atom stereocenters. The summed E-state index contributed by atoms with van der Waals surface area (Å²) in [6.45, 7) is 3.65. The second kappa shape index (κ2) is 10.7. The molecule has 3 rings (SSSR count). The summed E-state index contributed by atoms with van der Waals surface area (Å²) in [6.07, 6.45) is -10.2. The molecule has 0 saturated carbocycles. The van der Waals surface area contributed by atoms with Gasteiger partial charge in [0.1, 0.15) is 5.69 Å². The number of aromatic amines is 1. The number of carboxylic acid groups (broad SMARTS) is 2. The summed E-state index contributed by atoms with van der Waals surface area (Å²) < 4.78 is 63.5. The molecule has 0 unspecified atom stereocenters. The maximum atomic E-state index is 12.0. The van der Waals surface area contributed by atoms with E-state index in [-0.39, 0.29) is 5.56 Å². The Hall–Kier alpha value is -3.29. The first-order valence-electron chi connectivity index (χ1n) is 8.41. The lowest BCUT2D eigenvalue weighted by Gasteiger charge is -2.28. The standard InChI is InChI=1S/C13H15N3O.2C2HF3O2/c17-13-12(16-7-5-14-6-8-16)9-10-3-1-2-4-11(10)15-13;2*3-2(4,5)1(6)7/h1-4,9,14H,5-8H2,(H,15,17);2*(H,6,7). The Morgan fingerprint density at radius 3 is 1.81 bits per heavy atom. The van der Waals surface area contributed by atoms with Crippen LogP contribution in [0.1, 0.15) is 0 Å². The van der Waals surface area contributed by atoms with Gasteiger partial charge >= 0.3 is 24.3 Å². The van der Waals surface area contributed by atoms with Crippen molar-refractivity contribution in [2.45, 2.75) is 12.4 Å². The molecule has 1 aliphatic heterocycles. The number of rotatable bonds is 1. The van der Waals surface area contributed by atoms with E-state index in [4.69, 9.17) is 19.8 Å². The number of halogens is 6. The molecule has 0 spiro atoms. The number of nitrogens with zero attached hydrogens (tertiary/aromatic N) is 1. The summed E-state index contributed by atoms with van der Waals surface area (Å²) in [5.41, 5.74) is 1.69. The Kier molecular flexibility index (Phi) is 8.85. The molecule has 1 aromatic carbocycles. The van der Waals surface area contributed by atoms with Crippen molar-refractivity contribution in [1.29, 1.82) is 0 Å². The van der Waals surface area contributed by atoms with Gasteiger partial charge in [-0.15, -0.1) is 0 Å². The van der Waals surface area contributed by atoms with E-state index in [2.05, 4.69) is 15.2 Å². The van der Waals surface area contributed by atoms with Gasteiger partial charge in [0.2, 0.25) is 0 Å². The Labute approximate surface area is 170 Å². The van der Waals surface area contributed by atoms with E-state index in [1.807, 2.05) is 30.3 Å². The second-order valence-corrected chi connectivity index (χ2v) is 5.91. The number of alkyl halides is 6. The van der Waals surface area contributed by atoms with E-state index in [1.165, 1.54) is 0 Å². The third-order valence-corrected chi connectivity index (χ3v) is 3.68. The van der Waals surface area contributed by atoms with Crippen LogP contribution in [0.15, 0.2) is 35.1 Å². The van der Waals surface area contributed by atoms with Crippen LogP contribution in [0.2, 0.25) is 0 Å². The largest absolute Gasteiger partial charge is 0.490 e. The zero-order chi connectivity index (χ0) is 23.8. The van der Waals surface area contributed by atoms with Crippen LogP contribution in [0.5, 0.6) is 0 Å². The van der Waals surface area contributed by atoms with Crippen LogP contribution >= 0.6 is 0 Å². The fourth-order valence-electron chi connectivity index (χ4n) is 2.28. The average molecular weight is 457 g/mol. The molecule has 4 N–H and O–H groups in total. The fourth-order valence-corrected chi connectivity index (χ4v) is 2.28. The van der Waals surface area contributed by atoms with E-state index >= 15 is 0 Å². The Balaban J connectivity index is 0.000000288. The van der Waals surface area contributed by atoms with Gasteiger partial charge < -0.3 is 25.4 Å². The highest BCUT2D eigenvalue weighted by Gasteiger charge is 2.38. The maximum Gasteiger partial charge on any atom is 0.490 e. The first kappa shape index (κ1) is 25.7. The molecule has 0 radical (unpaired) electrons. The summed E-state index contributed by atoms with van der Waals surface area (Å²) in [5, 5.41) is 18.6. The van der Waals surface area contributed by atoms with Gasteiger partial charge in [-0.3, -0.25) is 4.79 Å². The van der Waals surface area contributed by atoms with Crippen molar-refractivity contribution in [3.8, 4) is 0 Å². The number of carbonyl (C=O) groups is 2. The van der Waals surface area contributed by atoms with E-state index in [0.29, 0.717) is 0 Å². The first-order chi connectivity index (χ1) is 14.2. The van der Waals surface area contributed by atoms with Crippen LogP contribution in [0.4, 0.5) is 32.0 Å². The lowest BCUT2D eigenvalue weighted by molar-refractivity contribution is -0.193. The van der Waals surface area contributed by atoms with Crippen LogP contribution < -0.4 is 15.8 Å². The van der Waals surface area contributed by atoms with Crippen molar-refractivity contribution >= 4 is 28.5 Å². The predicted octanol–water partition coefficient (Wildman–Crippen LogP) is 2.20. The number of hydrogen-bond donors (Lipinski definition) is 4. The molecule has 1 fully saturated rings. The van der Waals surface area contributed by atoms with Crippen LogP contribution in [0.3, 0.4) is 0 Å². The number of carboxylic acids is 2. The number of pyridine rings is 1. The molecule has 0 bridgehead atoms. The third kappa shape index (κ3) is 8.54. The molecule has 1 saturated heterocycles. The molecule has 2 heterocycles. The molecule has 2 aromatic rings. The van der Waals surface area contributed by atoms with Gasteiger partial charge in [0, 0.05) is 37.1 Å². The van der Waals surface area contributed by atoms with Gasteiger partial charge in [-0.1, -0.05) is 18.2 Å². The van der Waals surface area contributed by atoms with Gasteiger partial charge in [0.05, 0.1) is 0 Å². The lowest BCUT2D eigenvalue weighted by Crippen LogP contribution is -2.45. The number of hydrogen-bond acceptors (Lipinski definition) is 5. The van der Waals surface area contributed by atoms with Crippen LogP contribution in [0.25, 0.3) is 10.9 Å². The average Bonchev–Trinajstić information content (AvgIpc) is 2.67. The Morgan fingerprint density at radius 1 is 0.903 bits per heavy atom. The smallest absolute Gasteiger partial charge is 0.475 e. The second-order valence-electron chi connectivity index (χ2n) is 5.91. The van der Waals surface area contributed by atoms with Gasteiger partial charge in [-0.05, 0) is 12.1 Å². The summed E-state index contributed by atoms with van der Waals surface area (Å²) in [7, 11) is 0. The van der Waals surface area contributed by atoms with Crippen LogP contribution in [0, 0.1) is 0 Å². The summed E-state index contributed by atoms with van der Waals surface area (Å²) in [6, 6.07) is 9.86. The Morgan fingerprint density at radius 2 is 1.35 bits per heavy atom. The minimum Gasteiger partial charge on any atom is -0.475 e. The number of fused-ring (bicyclic) bond motifs is 1. The van der Waals surface area contributed by atoms with Crippen LogP contribution in [-0.2, 0) is 9.59 Å². The number of para-hydroxylation sites is 1. The molecule has 1 aromatic heterocycles. The minimum atomic E-state index is -5.08. The highest BCUT2D eigenvalue weighted by atomic mass is 19.4. The van der Waals surface area contributed by atoms with Gasteiger partial charge in [-0.25, -0.2) is 9.59 Å². The van der Waals surface area contributed by atoms with E-state index in [9.17, 15) is 31.1 Å². The normalized spacial score (nSPS) is 14.1. The van der Waals surface area contributed by atoms with Crippen molar-refractivity contribution in [2.24, 2.45) is 0 Å². The van der Waals surface area contributed by atoms with Crippen molar-refractivity contribution in [2.75, 3.05) is 31.1 Å². The summed E-state index contributed by atoms with van der Waals surface area (Å²) in [5.74, 6) is -5.51. The zero-order valence-corrected chi connectivity index (χ0v) is 15.5. The number of aliphatic carboxylic acids is 2. The zero-order valence-electron chi connectivity index (χ0n) is 15.5. The van der Waals surface area contributed by atoms with E-state index in [0.717, 1.165) is 42.8 Å². The topological polar surface area (TPSA) is 123 Å². The number of piperazine rings is 1. The third-order valence-electron chi connectivity index (χ3n) is 3.68. The number of nitrogens with one attached hydrogen (secondary N) is 2. The highest BCUT2D eigenvalue weighted by Crippen LogP contribution is 2.16. The molecule has 0 amide bonds. The minimum absolute atomic E-state index is 0.00519. The highest BCUT2D eigenvalue weighted by molar-refractivity contribution is 5.81. The number of anilines is 1. The number of aromatic nitrogens is 1. The predicted molar refractivity (Wildman–Crippen MR) is 97.0 cm³/mol. The summed E-state index contributed by atoms with van der Waals surface area (Å²) in [4.78, 5) is 34.9. The monoisotopic (exact) mass is 457 g/mol. The van der Waals surface area contributed by atoms with Crippen LogP contribution in [-0.4, -0.2) is 65.7 Å². The molecular formula is C17H17F6N3O5. The first-order valence-corrected chi connectivity index (χ1v) is 8.41. The summed E-state index contributed by atoms with van der Waals surface area (Å²) >= 11 is 0. The Bertz CT molecular complexity index is 928. The SMILES string of the molecule is O=C(O)C(F)(F)F.O=C(O)C(F)(F)F.O=c1[nH]c2ccccc2cc1N1CCNCC1. The fraction of sp³-hybridized carbons (Fsp3) is 0.353. The molecule has 0 aliphatic carbocycles. The van der Waals surface area contributed by atoms with E-state index in [1.54, 1.807) is 0 Å². The van der Waals surface area contributed by atoms with Crippen molar-refractivity contribution in [1.82, 2.24) is 10.3 Å². The molecule has 1 aliphatic rings. The van der Waals surface area contributed by atoms with Crippen molar-refractivity contribution in [3.63, 3.8) is 0 Å². The molecule has 172 valence electrons. The van der Waals surface area contributed by atoms with E-state index < -0.39 is 24.3 Å². The van der Waals surface area contributed by atoms with Gasteiger partial charge in [0.25, 0.3) is 5.56 Å². The lowest BCUT2D eigenvalue weighted by atomic mass is 10.2. The molecule has 14 heteroatoms. The molecular weight excluding hydrogens is 440 g/mol. The quantitative estimate of drug-likeness (QED) is 0.485. The molecule has 31 heavy (non-hydrogen) atoms. The molecule has 8 nitrogen and oxygen atoms in total. The van der Waals surface area contributed by atoms with Gasteiger partial charge in [0.15, 0.2) is 0 Å². The van der Waals surface area contributed by atoms with Gasteiger partial charge in [-0.2, -0.15) is 26.3 Å². The maximum absolute atomic E-state index is 12.0. The van der Waals surface area contributed by atoms with Crippen molar-refractivity contribution < 1.29 is 46.1 Å². The number of H-pyrrole nitrogens is 1. The van der Waals surface area contributed by atoms with Crippen molar-refractivity contribution in [3.05, 3.63) is 40.7 Å². The number of benzene rings is 1.